The standard InChI is InChI=1S/2C11H16N2O2.2C8H7ClO3.CH3I.3HI.V/c2*1-15-8-10(12)11(14)13-7-9-5-3-2-4-6-9;2*9-6-4-2-1-3-5(6)7(10)8(11)12;1-2;;;;/h2*2-6,10H,7-8,12H2,1H3,(H,13,14);2*1-4,7,10H,(H,11,12);1H3;3*1H;/q;;;;;;;;+3/p-3/t10-;;2*7-;;;;;/m1.00...../s1. The van der Waals surface area contributed by atoms with E-state index in [1.165, 1.54) is 38.5 Å². The van der Waals surface area contributed by atoms with Crippen LogP contribution in [0.5, 0.6) is 0 Å². The van der Waals surface area contributed by atoms with E-state index in [1.807, 2.05) is 65.6 Å². The molecule has 0 aliphatic rings. The average molecular weight is 1360 g/mol. The van der Waals surface area contributed by atoms with Crippen LogP contribution in [0.1, 0.15) is 34.5 Å². The van der Waals surface area contributed by atoms with E-state index in [0.717, 1.165) is 11.1 Å². The zero-order chi connectivity index (χ0) is 46.0. The number of halogens is 6. The first kappa shape index (κ1) is 60.7. The minimum absolute atomic E-state index is 0.194. The molecule has 2 amide bonds. The second kappa shape index (κ2) is 38.1. The Morgan fingerprint density at radius 2 is 0.867 bits per heavy atom. The summed E-state index contributed by atoms with van der Waals surface area (Å²) in [5.41, 5.74) is 13.6. The van der Waals surface area contributed by atoms with Crippen LogP contribution in [0.2, 0.25) is 10.0 Å². The molecule has 4 aromatic rings. The van der Waals surface area contributed by atoms with Crippen LogP contribution in [-0.2, 0) is 46.7 Å². The number of amides is 2. The Morgan fingerprint density at radius 1 is 0.600 bits per heavy atom. The molecule has 0 fully saturated rings. The Kier molecular flexibility index (Phi) is 38.5. The summed E-state index contributed by atoms with van der Waals surface area (Å²) in [5, 5.41) is 41.1. The fourth-order valence-electron chi connectivity index (χ4n) is 4.00. The summed E-state index contributed by atoms with van der Waals surface area (Å²) in [6, 6.07) is 30.7. The molecular weight excluding hydrogens is 1310 g/mol. The molecule has 4 aromatic carbocycles. The van der Waals surface area contributed by atoms with Gasteiger partial charge in [0.25, 0.3) is 0 Å². The van der Waals surface area contributed by atoms with Gasteiger partial charge in [-0.3, -0.25) is 9.59 Å². The van der Waals surface area contributed by atoms with Gasteiger partial charge in [0.2, 0.25) is 11.8 Å². The summed E-state index contributed by atoms with van der Waals surface area (Å²) in [4.78, 5) is 45.2. The van der Waals surface area contributed by atoms with E-state index in [-0.39, 0.29) is 51.1 Å². The number of aliphatic hydroxyl groups excluding tert-OH is 2. The van der Waals surface area contributed by atoms with Gasteiger partial charge in [-0.15, -0.1) is 0 Å². The number of rotatable bonds is 14. The van der Waals surface area contributed by atoms with Gasteiger partial charge < -0.3 is 52.0 Å². The van der Waals surface area contributed by atoms with Crippen molar-refractivity contribution >= 4 is 129 Å². The number of ether oxygens (including phenoxy) is 2. The van der Waals surface area contributed by atoms with Crippen molar-refractivity contribution in [1.29, 1.82) is 0 Å². The van der Waals surface area contributed by atoms with E-state index >= 15 is 0 Å². The summed E-state index contributed by atoms with van der Waals surface area (Å²) >= 11 is 20.8. The van der Waals surface area contributed by atoms with Crippen LogP contribution >= 0.6 is 106 Å². The molecule has 4 atom stereocenters. The maximum absolute atomic E-state index is 11.4. The van der Waals surface area contributed by atoms with Crippen molar-refractivity contribution in [3.63, 3.8) is 0 Å². The van der Waals surface area contributed by atoms with E-state index in [0.29, 0.717) is 13.1 Å². The number of nitrogens with one attached hydrogen (secondary N) is 2. The number of nitrogens with two attached hydrogens (primary N) is 2. The number of carboxylic acids is 2. The molecule has 4 rings (SSSR count). The van der Waals surface area contributed by atoms with Gasteiger partial charge in [-0.2, -0.15) is 0 Å². The Balaban J connectivity index is 0. The fourth-order valence-corrected chi connectivity index (χ4v) is 4.48. The summed E-state index contributed by atoms with van der Waals surface area (Å²) < 4.78 is 9.58. The minimum atomic E-state index is -1.54. The summed E-state index contributed by atoms with van der Waals surface area (Å²) in [6.07, 6.45) is -3.09. The Morgan fingerprint density at radius 3 is 1.12 bits per heavy atom. The van der Waals surface area contributed by atoms with Crippen LogP contribution in [0, 0.1) is 0 Å². The van der Waals surface area contributed by atoms with Gasteiger partial charge in [-0.25, -0.2) is 9.59 Å². The van der Waals surface area contributed by atoms with Crippen molar-refractivity contribution in [3.8, 4) is 0 Å². The monoisotopic (exact) mass is 1360 g/mol. The van der Waals surface area contributed by atoms with Crippen LogP contribution in [0.4, 0.5) is 0 Å². The van der Waals surface area contributed by atoms with Crippen molar-refractivity contribution in [2.75, 3.05) is 32.4 Å². The number of benzene rings is 4. The van der Waals surface area contributed by atoms with Gasteiger partial charge in [0.1, 0.15) is 12.1 Å². The third-order valence-electron chi connectivity index (χ3n) is 6.85. The number of hydrogen-bond acceptors (Lipinski definition) is 10. The molecule has 0 aliphatic carbocycles. The van der Waals surface area contributed by atoms with Gasteiger partial charge in [-0.05, 0) is 28.2 Å². The molecule has 0 heterocycles. The van der Waals surface area contributed by atoms with E-state index in [2.05, 4.69) is 93.2 Å². The number of carbonyl (C=O) groups excluding carboxylic acids is 2. The van der Waals surface area contributed by atoms with E-state index < -0.39 is 36.2 Å². The van der Waals surface area contributed by atoms with E-state index in [1.54, 1.807) is 24.3 Å². The molecule has 10 N–H and O–H groups in total. The van der Waals surface area contributed by atoms with Crippen molar-refractivity contribution in [1.82, 2.24) is 10.6 Å². The molecule has 0 spiro atoms. The number of hydrogen-bond donors (Lipinski definition) is 8. The molecule has 21 heteroatoms. The van der Waals surface area contributed by atoms with Crippen LogP contribution in [-0.4, -0.2) is 88.6 Å². The maximum atomic E-state index is 11.4. The van der Waals surface area contributed by atoms with Gasteiger partial charge in [0.15, 0.2) is 12.2 Å². The first-order valence-electron chi connectivity index (χ1n) is 17.0. The van der Waals surface area contributed by atoms with Gasteiger partial charge in [0, 0.05) is 48.5 Å². The quantitative estimate of drug-likeness (QED) is 0.0463. The molecule has 0 saturated heterocycles. The van der Waals surface area contributed by atoms with Crippen LogP contribution < -0.4 is 22.1 Å². The van der Waals surface area contributed by atoms with Crippen LogP contribution in [0.3, 0.4) is 0 Å². The fraction of sp³-hybridized carbons (Fsp3) is 0.282. The first-order valence-corrected chi connectivity index (χ1v) is 33.5. The molecule has 0 bridgehead atoms. The zero-order valence-electron chi connectivity index (χ0n) is 32.6. The third kappa shape index (κ3) is 29.8. The number of carbonyl (C=O) groups is 4. The van der Waals surface area contributed by atoms with Crippen molar-refractivity contribution < 1.29 is 54.0 Å². The van der Waals surface area contributed by atoms with Gasteiger partial charge in [0.05, 0.1) is 13.2 Å². The molecule has 14 nitrogen and oxygen atoms in total. The Bertz CT molecular complexity index is 1650. The Hall–Kier alpha value is -1.40. The third-order valence-corrected chi connectivity index (χ3v) is 7.54. The molecule has 0 aromatic heterocycles. The second-order valence-corrected chi connectivity index (χ2v) is 47.4. The number of aliphatic carboxylic acids is 2. The number of carboxylic acid groups (broad SMARTS) is 2. The molecule has 1 unspecified atom stereocenters. The summed E-state index contributed by atoms with van der Waals surface area (Å²) in [5.74, 6) is -2.99. The van der Waals surface area contributed by atoms with Crippen LogP contribution in [0.15, 0.2) is 109 Å². The first-order chi connectivity index (χ1) is 28.5. The number of methoxy groups -OCH3 is 2. The molecule has 0 saturated carbocycles. The topological polar surface area (TPSA) is 244 Å². The van der Waals surface area contributed by atoms with Crippen molar-refractivity contribution in [2.24, 2.45) is 11.5 Å². The normalized spacial score (nSPS) is 11.8. The molecular formula is C39H49Cl2I4N4O10V. The van der Waals surface area contributed by atoms with Gasteiger partial charge in [-0.1, -0.05) is 143 Å². The van der Waals surface area contributed by atoms with E-state index in [4.69, 9.17) is 64.6 Å². The molecule has 0 aliphatic heterocycles. The van der Waals surface area contributed by atoms with Gasteiger partial charge >= 0.3 is 76.8 Å². The summed E-state index contributed by atoms with van der Waals surface area (Å²) in [7, 11) is 3.04. The predicted molar refractivity (Wildman–Crippen MR) is 266 cm³/mol. The average Bonchev–Trinajstić information content (AvgIpc) is 3.24. The number of aliphatic hydroxyl groups is 2. The molecule has 0 radical (unpaired) electrons. The Labute approximate surface area is 412 Å². The van der Waals surface area contributed by atoms with Crippen molar-refractivity contribution in [2.45, 2.75) is 37.4 Å². The van der Waals surface area contributed by atoms with Crippen molar-refractivity contribution in [3.05, 3.63) is 141 Å². The zero-order valence-corrected chi connectivity index (χ0v) is 44.2. The molecule has 60 heavy (non-hydrogen) atoms. The second-order valence-electron chi connectivity index (χ2n) is 11.2. The SMILES string of the molecule is CI.COCC(N)C(=O)NCc1ccccc1.COC[C@@H](N)C(=O)NCc1ccccc1.O=C(O)[C@@H](O)c1ccccc1Cl.O=C(O)[C@@H](O)c1ccccc1Cl.[I][V]([I])[I]. The summed E-state index contributed by atoms with van der Waals surface area (Å²) in [6.45, 7) is 1.47. The van der Waals surface area contributed by atoms with Crippen LogP contribution in [0.25, 0.3) is 0 Å². The number of alkyl halides is 1. The van der Waals surface area contributed by atoms with E-state index in [9.17, 15) is 19.2 Å². The molecule has 332 valence electrons. The predicted octanol–water partition coefficient (Wildman–Crippen LogP) is 7.17.